The number of halogens is 2. The maximum Gasteiger partial charge on any atom is 0.414 e. The second-order valence-corrected chi connectivity index (χ2v) is 19.2. The van der Waals surface area contributed by atoms with E-state index in [1.165, 1.54) is 11.1 Å². The van der Waals surface area contributed by atoms with Gasteiger partial charge in [0, 0.05) is 80.3 Å². The molecule has 22 nitrogen and oxygen atoms in total. The van der Waals surface area contributed by atoms with Crippen molar-refractivity contribution in [3.8, 4) is 0 Å². The lowest BCUT2D eigenvalue weighted by Crippen LogP contribution is -2.37. The minimum Gasteiger partial charge on any atom is -0.473 e. The number of nitrogen functional groups attached to an aromatic ring is 2. The average molecular weight is 1130 g/mol. The number of nitrogens with zero attached hydrogens (tertiary/aromatic N) is 4. The molecule has 0 amide bonds. The Hall–Kier alpha value is -7.16. The first-order valence-electron chi connectivity index (χ1n) is 22.5. The number of ether oxygens (including phenoxy) is 4. The Kier molecular flexibility index (Phi) is 25.1. The highest BCUT2D eigenvalue weighted by Crippen LogP contribution is 2.36. The summed E-state index contributed by atoms with van der Waals surface area (Å²) in [6, 6.07) is 31.7. The van der Waals surface area contributed by atoms with Crippen molar-refractivity contribution in [3.63, 3.8) is 0 Å². The molecule has 26 heteroatoms. The van der Waals surface area contributed by atoms with Gasteiger partial charge in [-0.2, -0.15) is 0 Å². The number of thioether (sulfide) groups is 2. The van der Waals surface area contributed by atoms with Crippen LogP contribution in [0.2, 0.25) is 10.0 Å². The van der Waals surface area contributed by atoms with Gasteiger partial charge >= 0.3 is 35.8 Å². The standard InChI is InChI=1S/2C22H24ClN3O2S.3C2H2O4/c2*23-18-7-5-17(6-8-18)9-10-22(15-26-12-11-25-16-26)27-13-19(28-22)14-29-21-4-2-1-3-20(21)24;3*3-1(4)2(5)6/h2*1-8,11-12,16,19H,9-10,13-15,24H2;3*(H,3,4)(H,5,6). The van der Waals surface area contributed by atoms with Gasteiger partial charge in [0.25, 0.3) is 0 Å². The van der Waals surface area contributed by atoms with Crippen LogP contribution in [0.25, 0.3) is 0 Å². The molecule has 0 radical (unpaired) electrons. The monoisotopic (exact) mass is 1130 g/mol. The fraction of sp³-hybridized carbons (Fsp3) is 0.280. The first-order chi connectivity index (χ1) is 36.2. The SMILES string of the molecule is Nc1ccccc1SCC1COC(CCc2ccc(Cl)cc2)(Cn2ccnc2)O1.Nc1ccccc1SCC1COC(CCc2ccc(Cl)cc2)(Cn2ccnc2)O1.O=C(O)C(=O)O.O=C(O)C(=O)O.O=C(O)C(=O)O. The van der Waals surface area contributed by atoms with Crippen molar-refractivity contribution in [2.45, 2.75) is 72.3 Å². The summed E-state index contributed by atoms with van der Waals surface area (Å²) in [6.07, 6.45) is 14.2. The van der Waals surface area contributed by atoms with Crippen LogP contribution in [0.1, 0.15) is 24.0 Å². The van der Waals surface area contributed by atoms with Crippen molar-refractivity contribution < 1.29 is 78.4 Å². The Morgan fingerprint density at radius 1 is 0.539 bits per heavy atom. The van der Waals surface area contributed by atoms with Gasteiger partial charge in [-0.15, -0.1) is 23.5 Å². The fourth-order valence-electron chi connectivity index (χ4n) is 6.86. The number of carboxylic acids is 6. The van der Waals surface area contributed by atoms with Crippen LogP contribution < -0.4 is 11.5 Å². The highest BCUT2D eigenvalue weighted by atomic mass is 35.5. The molecule has 2 saturated heterocycles. The maximum absolute atomic E-state index is 9.10. The Morgan fingerprint density at radius 2 is 0.868 bits per heavy atom. The normalized spacial score (nSPS) is 18.1. The predicted molar refractivity (Wildman–Crippen MR) is 280 cm³/mol. The van der Waals surface area contributed by atoms with Crippen molar-refractivity contribution in [1.82, 2.24) is 19.1 Å². The maximum atomic E-state index is 9.10. The zero-order chi connectivity index (χ0) is 55.7. The average Bonchev–Trinajstić information content (AvgIpc) is 4.25. The number of benzene rings is 4. The van der Waals surface area contributed by atoms with Crippen LogP contribution in [0, 0.1) is 0 Å². The molecule has 6 aromatic rings. The smallest absolute Gasteiger partial charge is 0.414 e. The number of rotatable bonds is 16. The molecule has 4 heterocycles. The zero-order valence-corrected chi connectivity index (χ0v) is 43.4. The van der Waals surface area contributed by atoms with E-state index in [-0.39, 0.29) is 12.2 Å². The van der Waals surface area contributed by atoms with E-state index >= 15 is 0 Å². The number of hydrogen-bond acceptors (Lipinski definition) is 16. The lowest BCUT2D eigenvalue weighted by molar-refractivity contribution is -0.180. The summed E-state index contributed by atoms with van der Waals surface area (Å²) in [5, 5.41) is 45.8. The first-order valence-corrected chi connectivity index (χ1v) is 25.3. The van der Waals surface area contributed by atoms with Crippen LogP contribution in [-0.4, -0.2) is 134 Å². The van der Waals surface area contributed by atoms with Gasteiger partial charge in [0.05, 0.1) is 51.2 Å². The summed E-state index contributed by atoms with van der Waals surface area (Å²) in [6.45, 7) is 2.34. The summed E-state index contributed by atoms with van der Waals surface area (Å²) in [4.78, 5) is 65.0. The number of hydrogen-bond donors (Lipinski definition) is 8. The molecule has 2 aromatic heterocycles. The molecule has 2 aliphatic rings. The summed E-state index contributed by atoms with van der Waals surface area (Å²) < 4.78 is 29.5. The van der Waals surface area contributed by atoms with Crippen LogP contribution >= 0.6 is 46.7 Å². The van der Waals surface area contributed by atoms with Gasteiger partial charge in [-0.25, -0.2) is 38.7 Å². The van der Waals surface area contributed by atoms with Crippen LogP contribution in [-0.2, 0) is 73.6 Å². The highest BCUT2D eigenvalue weighted by Gasteiger charge is 2.43. The van der Waals surface area contributed by atoms with E-state index < -0.39 is 47.4 Å². The van der Waals surface area contributed by atoms with Gasteiger partial charge < -0.3 is 70.2 Å². The molecule has 0 bridgehead atoms. The van der Waals surface area contributed by atoms with Crippen molar-refractivity contribution in [2.24, 2.45) is 0 Å². The van der Waals surface area contributed by atoms with E-state index in [9.17, 15) is 0 Å². The summed E-state index contributed by atoms with van der Waals surface area (Å²) in [5.41, 5.74) is 16.1. The number of carbonyl (C=O) groups is 6. The molecular weight excluding hydrogens is 1080 g/mol. The van der Waals surface area contributed by atoms with Crippen LogP contribution in [0.4, 0.5) is 11.4 Å². The molecule has 0 saturated carbocycles. The van der Waals surface area contributed by atoms with Gasteiger partial charge in [0.1, 0.15) is 0 Å². The molecule has 2 aliphatic heterocycles. The number of anilines is 2. The lowest BCUT2D eigenvalue weighted by Gasteiger charge is -2.28. The van der Waals surface area contributed by atoms with Gasteiger partial charge in [-0.05, 0) is 72.5 Å². The quantitative estimate of drug-likeness (QED) is 0.0281. The fourth-order valence-corrected chi connectivity index (χ4v) is 8.99. The van der Waals surface area contributed by atoms with Gasteiger partial charge in [-0.3, -0.25) is 0 Å². The molecule has 8 rings (SSSR count). The molecule has 0 aliphatic carbocycles. The Morgan fingerprint density at radius 3 is 1.16 bits per heavy atom. The molecular formula is C50H54Cl2N6O16S2. The third kappa shape index (κ3) is 22.0. The number of carboxylic acid groups (broad SMARTS) is 6. The number of para-hydroxylation sites is 2. The Balaban J connectivity index is 0.000000249. The number of imidazole rings is 2. The molecule has 0 spiro atoms. The van der Waals surface area contributed by atoms with E-state index in [2.05, 4.69) is 9.97 Å². The predicted octanol–water partition coefficient (Wildman–Crippen LogP) is 6.78. The van der Waals surface area contributed by atoms with Gasteiger partial charge in [-0.1, -0.05) is 71.7 Å². The van der Waals surface area contributed by atoms with Crippen molar-refractivity contribution in [2.75, 3.05) is 36.2 Å². The molecule has 4 aromatic carbocycles. The number of aromatic nitrogens is 4. The van der Waals surface area contributed by atoms with Crippen molar-refractivity contribution in [3.05, 3.63) is 156 Å². The zero-order valence-electron chi connectivity index (χ0n) is 40.2. The molecule has 406 valence electrons. The van der Waals surface area contributed by atoms with Crippen LogP contribution in [0.5, 0.6) is 0 Å². The number of nitrogens with two attached hydrogens (primary N) is 2. The molecule has 4 unspecified atom stereocenters. The first kappa shape index (κ1) is 61.4. The van der Waals surface area contributed by atoms with Crippen LogP contribution in [0.3, 0.4) is 0 Å². The minimum absolute atomic E-state index is 0.00773. The van der Waals surface area contributed by atoms with E-state index in [1.807, 2.05) is 119 Å². The summed E-state index contributed by atoms with van der Waals surface area (Å²) in [5.74, 6) is -10.7. The molecule has 10 N–H and O–H groups in total. The van der Waals surface area contributed by atoms with Crippen LogP contribution in [0.15, 0.2) is 144 Å². The highest BCUT2D eigenvalue weighted by molar-refractivity contribution is 7.99. The van der Waals surface area contributed by atoms with E-state index in [1.54, 1.807) is 48.6 Å². The van der Waals surface area contributed by atoms with E-state index in [0.29, 0.717) is 26.3 Å². The number of aliphatic carboxylic acids is 6. The van der Waals surface area contributed by atoms with Crippen molar-refractivity contribution in [1.29, 1.82) is 0 Å². The third-order valence-electron chi connectivity index (χ3n) is 10.4. The Labute approximate surface area is 453 Å². The minimum atomic E-state index is -1.82. The summed E-state index contributed by atoms with van der Waals surface area (Å²) >= 11 is 15.4. The molecule has 4 atom stereocenters. The third-order valence-corrected chi connectivity index (χ3v) is 13.4. The topological polar surface area (TPSA) is 348 Å². The number of aryl methyl sites for hydroxylation is 2. The van der Waals surface area contributed by atoms with Gasteiger partial charge in [0.2, 0.25) is 0 Å². The lowest BCUT2D eigenvalue weighted by atomic mass is 10.0. The second-order valence-electron chi connectivity index (χ2n) is 16.2. The molecule has 76 heavy (non-hydrogen) atoms. The van der Waals surface area contributed by atoms with E-state index in [4.69, 9.17) is 113 Å². The Bertz CT molecular complexity index is 2550. The van der Waals surface area contributed by atoms with Gasteiger partial charge in [0.15, 0.2) is 11.6 Å². The molecule has 2 fully saturated rings. The largest absolute Gasteiger partial charge is 0.473 e. The second kappa shape index (κ2) is 31.0. The summed E-state index contributed by atoms with van der Waals surface area (Å²) in [7, 11) is 0. The van der Waals surface area contributed by atoms with Crippen molar-refractivity contribution >= 4 is 93.9 Å². The van der Waals surface area contributed by atoms with E-state index in [0.717, 1.165) is 68.4 Å².